The van der Waals surface area contributed by atoms with Gasteiger partial charge in [-0.1, -0.05) is 0 Å². The molecule has 0 radical (unpaired) electrons. The summed E-state index contributed by atoms with van der Waals surface area (Å²) in [6.45, 7) is 12.5. The summed E-state index contributed by atoms with van der Waals surface area (Å²) in [5.41, 5.74) is -0.353. The molecule has 3 nitrogen and oxygen atoms in total. The smallest absolute Gasteiger partial charge is 0.0750 e. The maximum atomic E-state index is 8.83. The predicted molar refractivity (Wildman–Crippen MR) is 62.6 cm³/mol. The Labute approximate surface area is 93.8 Å². The van der Waals surface area contributed by atoms with Gasteiger partial charge in [0.1, 0.15) is 0 Å². The van der Waals surface area contributed by atoms with Gasteiger partial charge in [0.05, 0.1) is 17.1 Å². The first kappa shape index (κ1) is 14.4. The van der Waals surface area contributed by atoms with E-state index in [-0.39, 0.29) is 11.0 Å². The zero-order valence-corrected chi connectivity index (χ0v) is 10.7. The first-order valence-electron chi connectivity index (χ1n) is 5.59. The quantitative estimate of drug-likeness (QED) is 0.659. The molecular formula is C12H24N2O. The van der Waals surface area contributed by atoms with Crippen LogP contribution in [0.1, 0.15) is 41.0 Å². The standard InChI is InChI=1S/C12H24N2O/c1-6-15-12(4,5)10-14-8-7-11(2,3)9-13/h14H,6-8,10H2,1-5H3. The molecule has 0 aliphatic carbocycles. The lowest BCUT2D eigenvalue weighted by Gasteiger charge is -2.25. The van der Waals surface area contributed by atoms with E-state index in [9.17, 15) is 0 Å². The first-order valence-corrected chi connectivity index (χ1v) is 5.59. The highest BCUT2D eigenvalue weighted by atomic mass is 16.5. The summed E-state index contributed by atoms with van der Waals surface area (Å²) in [5.74, 6) is 0. The van der Waals surface area contributed by atoms with E-state index in [0.29, 0.717) is 0 Å². The summed E-state index contributed by atoms with van der Waals surface area (Å²) in [5, 5.41) is 12.2. The fourth-order valence-corrected chi connectivity index (χ4v) is 1.29. The third-order valence-corrected chi connectivity index (χ3v) is 2.32. The number of ether oxygens (including phenoxy) is 1. The zero-order chi connectivity index (χ0) is 11.9. The van der Waals surface area contributed by atoms with Gasteiger partial charge < -0.3 is 10.1 Å². The van der Waals surface area contributed by atoms with Crippen molar-refractivity contribution in [3.63, 3.8) is 0 Å². The second kappa shape index (κ2) is 6.09. The van der Waals surface area contributed by atoms with E-state index in [1.54, 1.807) is 0 Å². The Balaban J connectivity index is 3.68. The minimum absolute atomic E-state index is 0.120. The molecule has 0 aromatic carbocycles. The Hall–Kier alpha value is -0.590. The summed E-state index contributed by atoms with van der Waals surface area (Å²) in [7, 11) is 0. The van der Waals surface area contributed by atoms with E-state index < -0.39 is 0 Å². The molecule has 0 atom stereocenters. The van der Waals surface area contributed by atoms with Crippen molar-refractivity contribution in [3.05, 3.63) is 0 Å². The summed E-state index contributed by atoms with van der Waals surface area (Å²) in [4.78, 5) is 0. The van der Waals surface area contributed by atoms with Crippen LogP contribution in [0.4, 0.5) is 0 Å². The molecule has 0 aliphatic rings. The van der Waals surface area contributed by atoms with Crippen LogP contribution in [0, 0.1) is 16.7 Å². The van der Waals surface area contributed by atoms with E-state index in [4.69, 9.17) is 10.00 Å². The van der Waals surface area contributed by atoms with Crippen LogP contribution in [0.15, 0.2) is 0 Å². The normalized spacial score (nSPS) is 12.5. The van der Waals surface area contributed by atoms with Crippen molar-refractivity contribution in [2.75, 3.05) is 19.7 Å². The van der Waals surface area contributed by atoms with Crippen molar-refractivity contribution >= 4 is 0 Å². The van der Waals surface area contributed by atoms with Gasteiger partial charge in [0.25, 0.3) is 0 Å². The Bertz CT molecular complexity index is 216. The van der Waals surface area contributed by atoms with Crippen molar-refractivity contribution in [3.8, 4) is 6.07 Å². The third kappa shape index (κ3) is 7.35. The molecule has 0 rings (SSSR count). The van der Waals surface area contributed by atoms with E-state index in [2.05, 4.69) is 25.2 Å². The number of nitrogens with zero attached hydrogens (tertiary/aromatic N) is 1. The monoisotopic (exact) mass is 212 g/mol. The minimum Gasteiger partial charge on any atom is -0.375 e. The molecule has 0 saturated carbocycles. The van der Waals surface area contributed by atoms with Crippen LogP contribution in [0.25, 0.3) is 0 Å². The average Bonchev–Trinajstić information content (AvgIpc) is 2.13. The molecule has 88 valence electrons. The molecule has 1 N–H and O–H groups in total. The van der Waals surface area contributed by atoms with Crippen LogP contribution < -0.4 is 5.32 Å². The molecule has 0 aliphatic heterocycles. The van der Waals surface area contributed by atoms with Crippen molar-refractivity contribution in [1.82, 2.24) is 5.32 Å². The van der Waals surface area contributed by atoms with Gasteiger partial charge in [-0.2, -0.15) is 5.26 Å². The topological polar surface area (TPSA) is 45.0 Å². The summed E-state index contributed by atoms with van der Waals surface area (Å²) < 4.78 is 5.56. The lowest BCUT2D eigenvalue weighted by Crippen LogP contribution is -2.38. The molecular weight excluding hydrogens is 188 g/mol. The summed E-state index contributed by atoms with van der Waals surface area (Å²) in [6, 6.07) is 2.29. The van der Waals surface area contributed by atoms with Crippen LogP contribution in [0.3, 0.4) is 0 Å². The minimum atomic E-state index is -0.233. The van der Waals surface area contributed by atoms with E-state index in [1.165, 1.54) is 0 Å². The van der Waals surface area contributed by atoms with Gasteiger partial charge in [0.2, 0.25) is 0 Å². The molecule has 0 unspecified atom stereocenters. The van der Waals surface area contributed by atoms with Gasteiger partial charge in [0, 0.05) is 13.2 Å². The number of rotatable bonds is 7. The predicted octanol–water partition coefficient (Wildman–Crippen LogP) is 2.33. The Morgan fingerprint density at radius 1 is 1.27 bits per heavy atom. The van der Waals surface area contributed by atoms with E-state index in [1.807, 2.05) is 20.8 Å². The highest BCUT2D eigenvalue weighted by Crippen LogP contribution is 2.17. The zero-order valence-electron chi connectivity index (χ0n) is 10.7. The van der Waals surface area contributed by atoms with Gasteiger partial charge in [0.15, 0.2) is 0 Å². The van der Waals surface area contributed by atoms with Crippen LogP contribution in [-0.4, -0.2) is 25.3 Å². The molecule has 0 heterocycles. The van der Waals surface area contributed by atoms with Crippen LogP contribution in [0.2, 0.25) is 0 Å². The molecule has 0 aromatic rings. The van der Waals surface area contributed by atoms with Crippen molar-refractivity contribution in [1.29, 1.82) is 5.26 Å². The molecule has 15 heavy (non-hydrogen) atoms. The van der Waals surface area contributed by atoms with Crippen molar-refractivity contribution in [2.24, 2.45) is 5.41 Å². The summed E-state index contributed by atoms with van der Waals surface area (Å²) >= 11 is 0. The Morgan fingerprint density at radius 2 is 1.87 bits per heavy atom. The van der Waals surface area contributed by atoms with Gasteiger partial charge in [-0.25, -0.2) is 0 Å². The molecule has 0 amide bonds. The maximum absolute atomic E-state index is 8.83. The molecule has 3 heteroatoms. The lowest BCUT2D eigenvalue weighted by molar-refractivity contribution is -0.00889. The number of nitrogens with one attached hydrogen (secondary N) is 1. The van der Waals surface area contributed by atoms with E-state index >= 15 is 0 Å². The highest BCUT2D eigenvalue weighted by molar-refractivity contribution is 4.91. The molecule has 0 aromatic heterocycles. The van der Waals surface area contributed by atoms with Crippen molar-refractivity contribution < 1.29 is 4.74 Å². The maximum Gasteiger partial charge on any atom is 0.0750 e. The molecule has 0 spiro atoms. The number of nitriles is 1. The first-order chi connectivity index (χ1) is 6.83. The van der Waals surface area contributed by atoms with Crippen LogP contribution in [-0.2, 0) is 4.74 Å². The SMILES string of the molecule is CCOC(C)(C)CNCCC(C)(C)C#N. The molecule has 0 bridgehead atoms. The fraction of sp³-hybridized carbons (Fsp3) is 0.917. The summed E-state index contributed by atoms with van der Waals surface area (Å²) in [6.07, 6.45) is 0.867. The highest BCUT2D eigenvalue weighted by Gasteiger charge is 2.19. The van der Waals surface area contributed by atoms with Gasteiger partial charge in [-0.15, -0.1) is 0 Å². The fourth-order valence-electron chi connectivity index (χ4n) is 1.29. The second-order valence-corrected chi connectivity index (χ2v) is 5.12. The second-order valence-electron chi connectivity index (χ2n) is 5.12. The van der Waals surface area contributed by atoms with Crippen LogP contribution >= 0.6 is 0 Å². The molecule has 0 fully saturated rings. The van der Waals surface area contributed by atoms with Gasteiger partial charge >= 0.3 is 0 Å². The van der Waals surface area contributed by atoms with Crippen LogP contribution in [0.5, 0.6) is 0 Å². The average molecular weight is 212 g/mol. The third-order valence-electron chi connectivity index (χ3n) is 2.32. The lowest BCUT2D eigenvalue weighted by atomic mass is 9.91. The van der Waals surface area contributed by atoms with Gasteiger partial charge in [-0.05, 0) is 47.6 Å². The Kier molecular flexibility index (Phi) is 5.85. The number of hydrogen-bond acceptors (Lipinski definition) is 3. The number of hydrogen-bond donors (Lipinski definition) is 1. The molecule has 0 saturated heterocycles. The largest absolute Gasteiger partial charge is 0.375 e. The van der Waals surface area contributed by atoms with E-state index in [0.717, 1.165) is 26.1 Å². The van der Waals surface area contributed by atoms with Gasteiger partial charge in [-0.3, -0.25) is 0 Å². The van der Waals surface area contributed by atoms with Crippen molar-refractivity contribution in [2.45, 2.75) is 46.6 Å². The Morgan fingerprint density at radius 3 is 2.33 bits per heavy atom.